The number of amides is 2. The molecule has 37 heavy (non-hydrogen) atoms. The summed E-state index contributed by atoms with van der Waals surface area (Å²) in [5.41, 5.74) is 1.07. The van der Waals surface area contributed by atoms with E-state index in [1.807, 2.05) is 18.2 Å². The van der Waals surface area contributed by atoms with Crippen molar-refractivity contribution in [1.82, 2.24) is 4.90 Å². The molecule has 2 atom stereocenters. The van der Waals surface area contributed by atoms with Crippen LogP contribution in [0.2, 0.25) is 5.02 Å². The van der Waals surface area contributed by atoms with Crippen molar-refractivity contribution in [1.29, 1.82) is 0 Å². The molecule has 2 heterocycles. The third kappa shape index (κ3) is 5.14. The summed E-state index contributed by atoms with van der Waals surface area (Å²) < 4.78 is 24.6. The zero-order valence-electron chi connectivity index (χ0n) is 19.5. The molecule has 2 aliphatic heterocycles. The molecule has 0 unspecified atom stereocenters. The molecule has 10 heteroatoms. The predicted molar refractivity (Wildman–Crippen MR) is 138 cm³/mol. The molecule has 5 rings (SSSR count). The third-order valence-corrected chi connectivity index (χ3v) is 8.06. The van der Waals surface area contributed by atoms with Gasteiger partial charge in [-0.15, -0.1) is 11.8 Å². The fourth-order valence-electron chi connectivity index (χ4n) is 4.55. The van der Waals surface area contributed by atoms with Gasteiger partial charge in [0.25, 0.3) is 5.91 Å². The van der Waals surface area contributed by atoms with Crippen LogP contribution in [0.3, 0.4) is 0 Å². The molecule has 2 saturated heterocycles. The second-order valence-corrected chi connectivity index (χ2v) is 10.3. The number of carbonyl (C=O) groups is 3. The number of ether oxygens (including phenoxy) is 2. The van der Waals surface area contributed by atoms with E-state index >= 15 is 0 Å². The Kier molecular flexibility index (Phi) is 7.08. The lowest BCUT2D eigenvalue weighted by atomic mass is 10.0. The number of hydrogen-bond acceptors (Lipinski definition) is 6. The number of benzene rings is 3. The van der Waals surface area contributed by atoms with Crippen LogP contribution in [-0.4, -0.2) is 41.1 Å². The monoisotopic (exact) mass is 540 g/mol. The minimum absolute atomic E-state index is 0.178. The lowest BCUT2D eigenvalue weighted by Crippen LogP contribution is -2.47. The van der Waals surface area contributed by atoms with Crippen LogP contribution in [0, 0.1) is 5.82 Å². The van der Waals surface area contributed by atoms with Gasteiger partial charge in [0.05, 0.1) is 5.69 Å². The van der Waals surface area contributed by atoms with E-state index in [1.54, 1.807) is 36.4 Å². The number of carbonyl (C=O) groups excluding carboxylic acids is 3. The van der Waals surface area contributed by atoms with E-state index in [9.17, 15) is 18.8 Å². The number of para-hydroxylation sites is 1. The first kappa shape index (κ1) is 25.1. The summed E-state index contributed by atoms with van der Waals surface area (Å²) in [5.74, 6) is -0.558. The number of thioether (sulfide) groups is 1. The fraction of sp³-hybridized carbons (Fsp3) is 0.222. The largest absolute Gasteiger partial charge is 0.455 e. The number of esters is 1. The van der Waals surface area contributed by atoms with Gasteiger partial charge in [-0.1, -0.05) is 41.9 Å². The maximum absolute atomic E-state index is 13.5. The smallest absolute Gasteiger partial charge is 0.330 e. The number of nitrogens with one attached hydrogen (secondary N) is 1. The number of anilines is 1. The van der Waals surface area contributed by atoms with Gasteiger partial charge >= 0.3 is 5.97 Å². The van der Waals surface area contributed by atoms with Gasteiger partial charge in [0, 0.05) is 17.2 Å². The van der Waals surface area contributed by atoms with E-state index in [1.165, 1.54) is 34.9 Å². The second-order valence-electron chi connectivity index (χ2n) is 8.59. The zero-order chi connectivity index (χ0) is 26.0. The van der Waals surface area contributed by atoms with Gasteiger partial charge in [0.2, 0.25) is 5.91 Å². The molecule has 0 saturated carbocycles. The van der Waals surface area contributed by atoms with Gasteiger partial charge in [-0.05, 0) is 54.4 Å². The van der Waals surface area contributed by atoms with E-state index in [2.05, 4.69) is 5.32 Å². The highest BCUT2D eigenvalue weighted by Gasteiger charge is 2.57. The molecule has 1 N–H and O–H groups in total. The van der Waals surface area contributed by atoms with Crippen LogP contribution in [-0.2, 0) is 24.0 Å². The molecule has 0 aromatic heterocycles. The predicted octanol–water partition coefficient (Wildman–Crippen LogP) is 5.34. The normalized spacial score (nSPS) is 20.4. The Morgan fingerprint density at radius 1 is 1.11 bits per heavy atom. The topological polar surface area (TPSA) is 84.9 Å². The number of halogens is 2. The fourth-order valence-corrected chi connectivity index (χ4v) is 6.36. The summed E-state index contributed by atoms with van der Waals surface area (Å²) in [6.45, 7) is -0.553. The summed E-state index contributed by atoms with van der Waals surface area (Å²) in [6.07, 6.45) is 0.777. The van der Waals surface area contributed by atoms with Gasteiger partial charge < -0.3 is 19.7 Å². The van der Waals surface area contributed by atoms with Crippen molar-refractivity contribution >= 4 is 46.8 Å². The average Bonchev–Trinajstić information content (AvgIpc) is 3.44. The Balaban J connectivity index is 1.24. The van der Waals surface area contributed by atoms with Gasteiger partial charge in [-0.2, -0.15) is 0 Å². The molecule has 0 bridgehead atoms. The van der Waals surface area contributed by atoms with Crippen molar-refractivity contribution in [2.24, 2.45) is 0 Å². The zero-order valence-corrected chi connectivity index (χ0v) is 21.1. The number of fused-ring (bicyclic) bond motifs is 1. The van der Waals surface area contributed by atoms with Crippen LogP contribution in [0.15, 0.2) is 72.8 Å². The molecule has 0 aliphatic carbocycles. The Morgan fingerprint density at radius 2 is 1.86 bits per heavy atom. The maximum atomic E-state index is 13.5. The van der Waals surface area contributed by atoms with Crippen molar-refractivity contribution in [3.63, 3.8) is 0 Å². The average molecular weight is 541 g/mol. The first-order valence-corrected chi connectivity index (χ1v) is 12.9. The summed E-state index contributed by atoms with van der Waals surface area (Å²) in [6, 6.07) is 18.9. The van der Waals surface area contributed by atoms with Crippen molar-refractivity contribution in [3.8, 4) is 11.5 Å². The summed E-state index contributed by atoms with van der Waals surface area (Å²) >= 11 is 7.55. The lowest BCUT2D eigenvalue weighted by molar-refractivity contribution is -0.155. The molecule has 2 aliphatic rings. The molecule has 3 aromatic carbocycles. The third-order valence-electron chi connectivity index (χ3n) is 6.23. The summed E-state index contributed by atoms with van der Waals surface area (Å²) in [5, 5.41) is 3.05. The Morgan fingerprint density at radius 3 is 2.62 bits per heavy atom. The molecule has 0 radical (unpaired) electrons. The molecular weight excluding hydrogens is 519 g/mol. The molecule has 3 aromatic rings. The minimum Gasteiger partial charge on any atom is -0.455 e. The first-order valence-electron chi connectivity index (χ1n) is 11.6. The van der Waals surface area contributed by atoms with Crippen LogP contribution in [0.4, 0.5) is 10.1 Å². The lowest BCUT2D eigenvalue weighted by Gasteiger charge is -2.33. The van der Waals surface area contributed by atoms with E-state index in [-0.39, 0.29) is 18.1 Å². The van der Waals surface area contributed by atoms with Crippen LogP contribution < -0.4 is 10.1 Å². The van der Waals surface area contributed by atoms with E-state index in [0.717, 1.165) is 5.56 Å². The van der Waals surface area contributed by atoms with Crippen molar-refractivity contribution in [2.45, 2.75) is 23.8 Å². The van der Waals surface area contributed by atoms with E-state index in [0.29, 0.717) is 34.4 Å². The summed E-state index contributed by atoms with van der Waals surface area (Å²) in [7, 11) is 0. The van der Waals surface area contributed by atoms with Crippen LogP contribution in [0.1, 0.15) is 18.4 Å². The van der Waals surface area contributed by atoms with E-state index in [4.69, 9.17) is 21.1 Å². The van der Waals surface area contributed by atoms with Gasteiger partial charge in [-0.25, -0.2) is 9.18 Å². The Hall–Kier alpha value is -3.56. The van der Waals surface area contributed by atoms with Gasteiger partial charge in [-0.3, -0.25) is 9.59 Å². The molecule has 7 nitrogen and oxygen atoms in total. The van der Waals surface area contributed by atoms with Crippen LogP contribution >= 0.6 is 23.4 Å². The highest BCUT2D eigenvalue weighted by molar-refractivity contribution is 8.00. The molecule has 2 fully saturated rings. The van der Waals surface area contributed by atoms with Crippen LogP contribution in [0.25, 0.3) is 0 Å². The molecule has 2 amide bonds. The first-order chi connectivity index (χ1) is 17.9. The number of rotatable bonds is 7. The summed E-state index contributed by atoms with van der Waals surface area (Å²) in [4.78, 5) is 39.1. The highest BCUT2D eigenvalue weighted by atomic mass is 35.5. The standard InChI is InChI=1S/C27H22ClFN2O5S/c28-18-8-11-23(36-20-4-2-1-3-5-20)21(14-18)30-24(32)15-35-26(34)22-16-37-27(13-12-25(33)31(22)27)17-6-9-19(29)10-7-17/h1-11,14,22H,12-13,15-16H2,(H,30,32)/t22-,27+/m1/s1. The SMILES string of the molecule is O=C(COC(=O)[C@H]1CS[C@]2(c3ccc(F)cc3)CCC(=O)N12)Nc1cc(Cl)ccc1Oc1ccccc1. The molecular formula is C27H22ClFN2O5S. The number of nitrogens with zero attached hydrogens (tertiary/aromatic N) is 1. The Labute approximate surface area is 221 Å². The van der Waals surface area contributed by atoms with Crippen molar-refractivity contribution < 1.29 is 28.2 Å². The van der Waals surface area contributed by atoms with Crippen molar-refractivity contribution in [3.05, 3.63) is 89.2 Å². The van der Waals surface area contributed by atoms with Gasteiger partial charge in [0.15, 0.2) is 12.4 Å². The Bertz CT molecular complexity index is 1340. The molecule has 190 valence electrons. The van der Waals surface area contributed by atoms with Crippen LogP contribution in [0.5, 0.6) is 11.5 Å². The molecule has 0 spiro atoms. The van der Waals surface area contributed by atoms with Crippen molar-refractivity contribution in [2.75, 3.05) is 17.7 Å². The second kappa shape index (κ2) is 10.4. The highest BCUT2D eigenvalue weighted by Crippen LogP contribution is 2.54. The maximum Gasteiger partial charge on any atom is 0.330 e. The number of hydrogen-bond donors (Lipinski definition) is 1. The van der Waals surface area contributed by atoms with Gasteiger partial charge in [0.1, 0.15) is 22.5 Å². The quantitative estimate of drug-likeness (QED) is 0.407. The minimum atomic E-state index is -0.846. The van der Waals surface area contributed by atoms with E-state index < -0.39 is 29.4 Å².